The average Bonchev–Trinajstić information content (AvgIpc) is 3.27. The molecule has 1 saturated carbocycles. The maximum absolute atomic E-state index is 13.0. The van der Waals surface area contributed by atoms with Crippen molar-refractivity contribution in [1.82, 2.24) is 24.4 Å². The van der Waals surface area contributed by atoms with Crippen LogP contribution in [0.3, 0.4) is 0 Å². The van der Waals surface area contributed by atoms with Crippen molar-refractivity contribution in [1.29, 1.82) is 0 Å². The molecule has 1 aliphatic carbocycles. The molecule has 1 heterocycles. The molecule has 4 N–H and O–H groups in total. The lowest BCUT2D eigenvalue weighted by molar-refractivity contribution is -0.141. The molecule has 5 amide bonds. The van der Waals surface area contributed by atoms with Crippen molar-refractivity contribution < 1.29 is 28.7 Å². The monoisotopic (exact) mass is 607 g/mol. The van der Waals surface area contributed by atoms with Gasteiger partial charge in [-0.15, -0.1) is 0 Å². The summed E-state index contributed by atoms with van der Waals surface area (Å²) in [6, 6.07) is -2.41. The van der Waals surface area contributed by atoms with Gasteiger partial charge in [-0.3, -0.25) is 22.7 Å². The van der Waals surface area contributed by atoms with E-state index in [1.54, 1.807) is 30.0 Å². The Labute approximate surface area is 220 Å². The number of rotatable bonds is 11. The summed E-state index contributed by atoms with van der Waals surface area (Å²) < 4.78 is 7.47. The van der Waals surface area contributed by atoms with Crippen LogP contribution in [-0.4, -0.2) is 79.4 Å². The molecule has 1 saturated heterocycles. The maximum atomic E-state index is 13.0. The van der Waals surface area contributed by atoms with Crippen LogP contribution in [0.15, 0.2) is 0 Å². The molecule has 3 atom stereocenters. The Morgan fingerprint density at radius 3 is 2.29 bits per heavy atom. The van der Waals surface area contributed by atoms with E-state index in [4.69, 9.17) is 4.74 Å². The van der Waals surface area contributed by atoms with Crippen LogP contribution in [0.25, 0.3) is 0 Å². The summed E-state index contributed by atoms with van der Waals surface area (Å²) in [6.07, 6.45) is 4.50. The molecule has 1 aliphatic heterocycles. The van der Waals surface area contributed by atoms with Gasteiger partial charge >= 0.3 is 6.03 Å². The quantitative estimate of drug-likeness (QED) is 0.157. The van der Waals surface area contributed by atoms with E-state index in [1.807, 2.05) is 20.8 Å². The van der Waals surface area contributed by atoms with Crippen molar-refractivity contribution in [3.05, 3.63) is 0 Å². The molecule has 0 bridgehead atoms. The van der Waals surface area contributed by atoms with Gasteiger partial charge in [0.05, 0.1) is 48.1 Å². The maximum Gasteiger partial charge on any atom is 0.315 e. The van der Waals surface area contributed by atoms with Gasteiger partial charge in [-0.05, 0) is 30.6 Å². The van der Waals surface area contributed by atoms with Gasteiger partial charge in [0, 0.05) is 13.7 Å². The van der Waals surface area contributed by atoms with E-state index in [9.17, 15) is 24.0 Å². The normalized spacial score (nSPS) is 19.8. The first-order valence-electron chi connectivity index (χ1n) is 12.1. The van der Waals surface area contributed by atoms with E-state index in [0.717, 1.165) is 19.3 Å². The highest BCUT2D eigenvalue weighted by Gasteiger charge is 2.38. The van der Waals surface area contributed by atoms with E-state index in [1.165, 1.54) is 4.90 Å². The molecule has 0 aromatic rings. The molecule has 2 unspecified atom stereocenters. The molecule has 0 aromatic carbocycles. The number of amides is 5. The average molecular weight is 607 g/mol. The molecule has 2 fully saturated rings. The number of ketones is 1. The standard InChI is InChI=1S/C23H38IN5O6/c1-23(2,3)17(13-35-4)27-22(34)25-12-18(30)29-10-6-9-16(29)20(32)26-15(11-14-7-5-8-14)19(31)21(33)28-24/h14-17H,5-13H2,1-4H3,(H,26,32)(H,28,33)(H2,25,27,34)/t15?,16-,17?/m0/s1. The summed E-state index contributed by atoms with van der Waals surface area (Å²) in [5.41, 5.74) is -0.239. The van der Waals surface area contributed by atoms with E-state index in [2.05, 4.69) is 19.5 Å². The summed E-state index contributed by atoms with van der Waals surface area (Å²) in [5, 5.41) is 8.11. The fraction of sp³-hybridized carbons (Fsp3) is 0.783. The van der Waals surface area contributed by atoms with Gasteiger partial charge < -0.3 is 25.6 Å². The zero-order chi connectivity index (χ0) is 26.2. The summed E-state index contributed by atoms with van der Waals surface area (Å²) in [6.45, 7) is 6.37. The third-order valence-corrected chi connectivity index (χ3v) is 7.19. The van der Waals surface area contributed by atoms with Crippen LogP contribution in [0.4, 0.5) is 4.79 Å². The Morgan fingerprint density at radius 1 is 1.06 bits per heavy atom. The number of carbonyl (C=O) groups excluding carboxylic acids is 5. The topological polar surface area (TPSA) is 146 Å². The molecule has 35 heavy (non-hydrogen) atoms. The van der Waals surface area contributed by atoms with Crippen LogP contribution in [0.1, 0.15) is 59.3 Å². The Hall–Kier alpha value is -1.96. The second kappa shape index (κ2) is 13.4. The van der Waals surface area contributed by atoms with E-state index >= 15 is 0 Å². The summed E-state index contributed by atoms with van der Waals surface area (Å²) in [4.78, 5) is 64.1. The highest BCUT2D eigenvalue weighted by atomic mass is 127. The van der Waals surface area contributed by atoms with Crippen molar-refractivity contribution in [2.45, 2.75) is 77.4 Å². The zero-order valence-electron chi connectivity index (χ0n) is 20.9. The zero-order valence-corrected chi connectivity index (χ0v) is 23.1. The van der Waals surface area contributed by atoms with Crippen LogP contribution in [-0.2, 0) is 23.9 Å². The number of ether oxygens (including phenoxy) is 1. The van der Waals surface area contributed by atoms with Gasteiger partial charge in [-0.25, -0.2) is 4.79 Å². The molecule has 0 aromatic heterocycles. The number of likely N-dealkylation sites (tertiary alicyclic amines) is 1. The summed E-state index contributed by atoms with van der Waals surface area (Å²) in [5.74, 6) is -1.98. The fourth-order valence-electron chi connectivity index (χ4n) is 4.25. The Balaban J connectivity index is 1.94. The molecular formula is C23H38IN5O6. The number of carbonyl (C=O) groups is 5. The lowest BCUT2D eigenvalue weighted by Crippen LogP contribution is -2.55. The first-order chi connectivity index (χ1) is 16.5. The number of hydrogen-bond donors (Lipinski definition) is 4. The predicted octanol–water partition coefficient (Wildman–Crippen LogP) is 1.05. The van der Waals surface area contributed by atoms with Crippen molar-refractivity contribution in [3.63, 3.8) is 0 Å². The van der Waals surface area contributed by atoms with Crippen molar-refractivity contribution in [2.75, 3.05) is 26.8 Å². The Morgan fingerprint density at radius 2 is 1.74 bits per heavy atom. The number of nitrogens with zero attached hydrogens (tertiary/aromatic N) is 1. The van der Waals surface area contributed by atoms with Gasteiger partial charge in [0.15, 0.2) is 0 Å². The molecule has 12 heteroatoms. The molecule has 11 nitrogen and oxygen atoms in total. The predicted molar refractivity (Wildman–Crippen MR) is 137 cm³/mol. The van der Waals surface area contributed by atoms with Crippen LogP contribution < -0.4 is 19.5 Å². The minimum absolute atomic E-state index is 0.239. The Bertz CT molecular complexity index is 798. The number of urea groups is 1. The van der Waals surface area contributed by atoms with Crippen LogP contribution in [0.5, 0.6) is 0 Å². The summed E-state index contributed by atoms with van der Waals surface area (Å²) >= 11 is 1.60. The van der Waals surface area contributed by atoms with E-state index in [-0.39, 0.29) is 23.9 Å². The third kappa shape index (κ3) is 8.58. The molecular weight excluding hydrogens is 569 g/mol. The van der Waals surface area contributed by atoms with Gasteiger partial charge in [0.2, 0.25) is 17.6 Å². The van der Waals surface area contributed by atoms with Crippen LogP contribution >= 0.6 is 22.9 Å². The van der Waals surface area contributed by atoms with Crippen LogP contribution in [0, 0.1) is 11.3 Å². The van der Waals surface area contributed by atoms with Crippen LogP contribution in [0.2, 0.25) is 0 Å². The number of nitrogens with one attached hydrogen (secondary N) is 4. The smallest absolute Gasteiger partial charge is 0.315 e. The lowest BCUT2D eigenvalue weighted by Gasteiger charge is -2.31. The minimum Gasteiger partial charge on any atom is -0.383 e. The van der Waals surface area contributed by atoms with Gasteiger partial charge in [-0.2, -0.15) is 0 Å². The fourth-order valence-corrected chi connectivity index (χ4v) is 4.51. The van der Waals surface area contributed by atoms with Gasteiger partial charge in [-0.1, -0.05) is 40.0 Å². The van der Waals surface area contributed by atoms with Crippen molar-refractivity contribution >= 4 is 52.4 Å². The largest absolute Gasteiger partial charge is 0.383 e. The number of Topliss-reactive ketones (excluding diaryl/α,β-unsaturated/α-hetero) is 1. The highest BCUT2D eigenvalue weighted by Crippen LogP contribution is 2.31. The molecule has 2 rings (SSSR count). The van der Waals surface area contributed by atoms with Gasteiger partial charge in [0.25, 0.3) is 5.91 Å². The molecule has 2 aliphatic rings. The summed E-state index contributed by atoms with van der Waals surface area (Å²) in [7, 11) is 1.55. The molecule has 198 valence electrons. The molecule has 0 spiro atoms. The first-order valence-corrected chi connectivity index (χ1v) is 13.1. The highest BCUT2D eigenvalue weighted by molar-refractivity contribution is 14.1. The third-order valence-electron chi connectivity index (χ3n) is 6.70. The SMILES string of the molecule is COCC(NC(=O)NCC(=O)N1CCC[C@H]1C(=O)NC(CC1CCC1)C(=O)C(=O)NI)C(C)(C)C. The molecule has 0 radical (unpaired) electrons. The lowest BCUT2D eigenvalue weighted by atomic mass is 9.80. The minimum atomic E-state index is -0.917. The Kier molecular flexibility index (Phi) is 11.2. The van der Waals surface area contributed by atoms with E-state index < -0.39 is 35.7 Å². The van der Waals surface area contributed by atoms with E-state index in [0.29, 0.717) is 38.3 Å². The van der Waals surface area contributed by atoms with Crippen molar-refractivity contribution in [3.8, 4) is 0 Å². The van der Waals surface area contributed by atoms with Gasteiger partial charge in [0.1, 0.15) is 6.04 Å². The number of methoxy groups -OCH3 is 1. The second-order valence-corrected chi connectivity index (χ2v) is 10.9. The number of hydrogen-bond acceptors (Lipinski definition) is 6. The number of halogens is 1. The first kappa shape index (κ1) is 29.3. The van der Waals surface area contributed by atoms with Crippen molar-refractivity contribution in [2.24, 2.45) is 11.3 Å². The second-order valence-electron chi connectivity index (χ2n) is 10.3.